The lowest BCUT2D eigenvalue weighted by molar-refractivity contribution is 0.831. The zero-order valence-corrected chi connectivity index (χ0v) is 7.41. The molecular weight excluding hydrogens is 148 g/mol. The molecule has 0 saturated carbocycles. The van der Waals surface area contributed by atoms with Crippen molar-refractivity contribution in [3.63, 3.8) is 0 Å². The van der Waals surface area contributed by atoms with E-state index < -0.39 is 0 Å². The van der Waals surface area contributed by atoms with E-state index in [4.69, 9.17) is 0 Å². The first-order valence-electron chi connectivity index (χ1n) is 4.27. The van der Waals surface area contributed by atoms with Gasteiger partial charge in [-0.25, -0.2) is 4.98 Å². The molecule has 0 saturated heterocycles. The lowest BCUT2D eigenvalue weighted by Gasteiger charge is -2.03. The number of hydrogen-bond acceptors (Lipinski definition) is 2. The predicted octanol–water partition coefficient (Wildman–Crippen LogP) is 0.521. The van der Waals surface area contributed by atoms with Crippen LogP contribution in [0.25, 0.3) is 5.57 Å². The van der Waals surface area contributed by atoms with Crippen molar-refractivity contribution in [2.24, 2.45) is 10.9 Å². The van der Waals surface area contributed by atoms with Gasteiger partial charge in [0, 0.05) is 11.4 Å². The molecule has 0 radical (unpaired) electrons. The van der Waals surface area contributed by atoms with Crippen molar-refractivity contribution in [2.75, 3.05) is 6.54 Å². The summed E-state index contributed by atoms with van der Waals surface area (Å²) < 4.78 is 0. The Morgan fingerprint density at radius 3 is 3.00 bits per heavy atom. The Balaban J connectivity index is 2.74. The maximum absolute atomic E-state index is 4.35. The molecule has 2 heterocycles. The quantitative estimate of drug-likeness (QED) is 0.588. The van der Waals surface area contributed by atoms with E-state index in [9.17, 15) is 0 Å². The number of aromatic nitrogens is 1. The molecule has 0 aromatic carbocycles. The third-order valence-corrected chi connectivity index (χ3v) is 2.23. The summed E-state index contributed by atoms with van der Waals surface area (Å²) in [5.74, 6) is 0.583. The third kappa shape index (κ3) is 1.04. The summed E-state index contributed by atoms with van der Waals surface area (Å²) in [7, 11) is 0. The van der Waals surface area contributed by atoms with Crippen LogP contribution in [0, 0.1) is 5.92 Å². The molecule has 62 valence electrons. The van der Waals surface area contributed by atoms with Crippen molar-refractivity contribution in [1.82, 2.24) is 4.98 Å². The van der Waals surface area contributed by atoms with Crippen LogP contribution in [-0.2, 0) is 0 Å². The molecule has 0 bridgehead atoms. The fourth-order valence-electron chi connectivity index (χ4n) is 1.51. The van der Waals surface area contributed by atoms with Gasteiger partial charge >= 0.3 is 0 Å². The van der Waals surface area contributed by atoms with Crippen molar-refractivity contribution < 1.29 is 0 Å². The van der Waals surface area contributed by atoms with Crippen LogP contribution in [0.5, 0.6) is 0 Å². The van der Waals surface area contributed by atoms with Crippen LogP contribution < -0.4 is 10.7 Å². The molecule has 12 heavy (non-hydrogen) atoms. The molecule has 1 aromatic heterocycles. The first-order chi connectivity index (χ1) is 5.79. The highest BCUT2D eigenvalue weighted by molar-refractivity contribution is 5.49. The van der Waals surface area contributed by atoms with E-state index in [1.165, 1.54) is 10.8 Å². The smallest absolute Gasteiger partial charge is 0.154 e. The number of nitrogens with zero attached hydrogens (tertiary/aromatic N) is 2. The largest absolute Gasteiger partial charge is 0.262 e. The molecule has 1 aliphatic rings. The summed E-state index contributed by atoms with van der Waals surface area (Å²) in [6.07, 6.45) is 1.80. The van der Waals surface area contributed by atoms with E-state index in [1.807, 2.05) is 6.07 Å². The highest BCUT2D eigenvalue weighted by Crippen LogP contribution is 2.09. The number of rotatable bonds is 1. The molecule has 0 fully saturated rings. The van der Waals surface area contributed by atoms with Gasteiger partial charge < -0.3 is 0 Å². The van der Waals surface area contributed by atoms with Crippen LogP contribution in [0.3, 0.4) is 0 Å². The van der Waals surface area contributed by atoms with Crippen LogP contribution in [0.4, 0.5) is 0 Å². The molecule has 0 atom stereocenters. The monoisotopic (exact) mass is 160 g/mol. The molecule has 2 rings (SSSR count). The van der Waals surface area contributed by atoms with Crippen LogP contribution in [-0.4, -0.2) is 11.5 Å². The second-order valence-corrected chi connectivity index (χ2v) is 3.37. The van der Waals surface area contributed by atoms with Crippen molar-refractivity contribution in [1.29, 1.82) is 0 Å². The highest BCUT2D eigenvalue weighted by Gasteiger charge is 2.09. The van der Waals surface area contributed by atoms with E-state index >= 15 is 0 Å². The Morgan fingerprint density at radius 2 is 2.25 bits per heavy atom. The van der Waals surface area contributed by atoms with Crippen LogP contribution >= 0.6 is 0 Å². The summed E-state index contributed by atoms with van der Waals surface area (Å²) in [5.41, 5.74) is 2.33. The Labute approximate surface area is 71.7 Å². The standard InChI is InChI=1S/C10H12N2/c1-7(2)9-6-12-10-8(9)4-3-5-11-10/h3-5,7H,6H2,1-2H3. The minimum absolute atomic E-state index is 0.583. The molecule has 0 aliphatic carbocycles. The van der Waals surface area contributed by atoms with Crippen LogP contribution in [0.1, 0.15) is 13.8 Å². The molecule has 1 aromatic rings. The number of hydrogen-bond donors (Lipinski definition) is 0. The summed E-state index contributed by atoms with van der Waals surface area (Å²) in [6, 6.07) is 4.08. The summed E-state index contributed by atoms with van der Waals surface area (Å²) in [5, 5.41) is 1.24. The molecule has 1 aliphatic heterocycles. The van der Waals surface area contributed by atoms with Gasteiger partial charge in [-0.05, 0) is 23.6 Å². The van der Waals surface area contributed by atoms with Gasteiger partial charge in [0.1, 0.15) is 0 Å². The van der Waals surface area contributed by atoms with Crippen molar-refractivity contribution in [2.45, 2.75) is 13.8 Å². The van der Waals surface area contributed by atoms with Crippen LogP contribution in [0.2, 0.25) is 0 Å². The SMILES string of the molecule is CC(C)C1=c2cccnc2=NC1. The Bertz CT molecular complexity index is 404. The van der Waals surface area contributed by atoms with Crippen LogP contribution in [0.15, 0.2) is 23.3 Å². The zero-order chi connectivity index (χ0) is 8.55. The fraction of sp³-hybridized carbons (Fsp3) is 0.400. The minimum atomic E-state index is 0.583. The van der Waals surface area contributed by atoms with E-state index in [1.54, 1.807) is 6.20 Å². The molecule has 2 nitrogen and oxygen atoms in total. The van der Waals surface area contributed by atoms with Gasteiger partial charge in [0.25, 0.3) is 0 Å². The molecule has 0 amide bonds. The summed E-state index contributed by atoms with van der Waals surface area (Å²) in [6.45, 7) is 5.24. The fourth-order valence-corrected chi connectivity index (χ4v) is 1.51. The molecular formula is C10H12N2. The first kappa shape index (κ1) is 7.47. The second-order valence-electron chi connectivity index (χ2n) is 3.37. The molecule has 2 heteroatoms. The maximum atomic E-state index is 4.35. The van der Waals surface area contributed by atoms with Crippen molar-refractivity contribution in [3.8, 4) is 0 Å². The minimum Gasteiger partial charge on any atom is -0.262 e. The first-order valence-corrected chi connectivity index (χ1v) is 4.27. The number of pyridine rings is 1. The second kappa shape index (κ2) is 2.70. The van der Waals surface area contributed by atoms with E-state index in [0.29, 0.717) is 5.92 Å². The van der Waals surface area contributed by atoms with Gasteiger partial charge in [0.05, 0.1) is 6.54 Å². The van der Waals surface area contributed by atoms with E-state index in [2.05, 4.69) is 29.9 Å². The number of fused-ring (bicyclic) bond motifs is 1. The molecule has 0 spiro atoms. The lowest BCUT2D eigenvalue weighted by atomic mass is 10.0. The predicted molar refractivity (Wildman–Crippen MR) is 48.1 cm³/mol. The summed E-state index contributed by atoms with van der Waals surface area (Å²) in [4.78, 5) is 8.56. The third-order valence-electron chi connectivity index (χ3n) is 2.23. The zero-order valence-electron chi connectivity index (χ0n) is 7.41. The van der Waals surface area contributed by atoms with Gasteiger partial charge in [-0.3, -0.25) is 4.99 Å². The summed E-state index contributed by atoms with van der Waals surface area (Å²) >= 11 is 0. The van der Waals surface area contributed by atoms with Gasteiger partial charge in [0.15, 0.2) is 5.49 Å². The molecule has 0 unspecified atom stereocenters. The lowest BCUT2D eigenvalue weighted by Crippen LogP contribution is -2.26. The Kier molecular flexibility index (Phi) is 1.68. The van der Waals surface area contributed by atoms with Gasteiger partial charge in [-0.1, -0.05) is 13.8 Å². The Hall–Kier alpha value is -1.18. The maximum Gasteiger partial charge on any atom is 0.154 e. The van der Waals surface area contributed by atoms with Gasteiger partial charge in [-0.15, -0.1) is 0 Å². The van der Waals surface area contributed by atoms with Crippen molar-refractivity contribution >= 4 is 5.57 Å². The van der Waals surface area contributed by atoms with E-state index in [0.717, 1.165) is 12.0 Å². The average molecular weight is 160 g/mol. The van der Waals surface area contributed by atoms with E-state index in [-0.39, 0.29) is 0 Å². The Morgan fingerprint density at radius 1 is 1.42 bits per heavy atom. The van der Waals surface area contributed by atoms with Gasteiger partial charge in [-0.2, -0.15) is 0 Å². The topological polar surface area (TPSA) is 25.2 Å². The average Bonchev–Trinajstić information content (AvgIpc) is 2.47. The van der Waals surface area contributed by atoms with Gasteiger partial charge in [0.2, 0.25) is 0 Å². The highest BCUT2D eigenvalue weighted by atomic mass is 14.8. The molecule has 0 N–H and O–H groups in total. The van der Waals surface area contributed by atoms with Crippen molar-refractivity contribution in [3.05, 3.63) is 29.0 Å². The normalized spacial score (nSPS) is 14.8.